The van der Waals surface area contributed by atoms with E-state index < -0.39 is 29.8 Å². The van der Waals surface area contributed by atoms with E-state index in [0.717, 1.165) is 23.3 Å². The molecule has 2 aromatic carbocycles. The molecule has 12 nitrogen and oxygen atoms in total. The maximum Gasteiger partial charge on any atom is 0.408 e. The zero-order valence-corrected chi connectivity index (χ0v) is 26.1. The van der Waals surface area contributed by atoms with Crippen LogP contribution in [0.4, 0.5) is 26.5 Å². The van der Waals surface area contributed by atoms with Crippen molar-refractivity contribution in [1.82, 2.24) is 24.8 Å². The summed E-state index contributed by atoms with van der Waals surface area (Å²) in [6, 6.07) is 14.4. The molecule has 1 atom stereocenters. The number of carbonyl (C=O) groups excluding carboxylic acids is 4. The van der Waals surface area contributed by atoms with Gasteiger partial charge in [0, 0.05) is 41.2 Å². The van der Waals surface area contributed by atoms with Gasteiger partial charge < -0.3 is 20.7 Å². The van der Waals surface area contributed by atoms with E-state index in [1.54, 1.807) is 16.7 Å². The highest BCUT2D eigenvalue weighted by Crippen LogP contribution is 2.30. The fourth-order valence-corrected chi connectivity index (χ4v) is 5.20. The molecule has 3 N–H and O–H groups in total. The molecule has 1 unspecified atom stereocenters. The lowest BCUT2D eigenvalue weighted by Gasteiger charge is -2.16. The van der Waals surface area contributed by atoms with Crippen LogP contribution in [0.5, 0.6) is 0 Å². The van der Waals surface area contributed by atoms with Crippen molar-refractivity contribution in [2.75, 3.05) is 17.2 Å². The predicted octanol–water partition coefficient (Wildman–Crippen LogP) is 5.26. The summed E-state index contributed by atoms with van der Waals surface area (Å²) < 4.78 is 21.2. The normalized spacial score (nSPS) is 16.1. The topological polar surface area (TPSA) is 147 Å². The molecule has 2 fully saturated rings. The molecule has 6 rings (SSSR count). The van der Waals surface area contributed by atoms with Crippen LogP contribution in [-0.2, 0) is 25.7 Å². The van der Waals surface area contributed by atoms with Gasteiger partial charge in [0.25, 0.3) is 5.91 Å². The number of benzene rings is 2. The molecule has 1 aliphatic carbocycles. The molecule has 0 radical (unpaired) electrons. The summed E-state index contributed by atoms with van der Waals surface area (Å²) in [5.41, 5.74) is 2.00. The second kappa shape index (κ2) is 13.6. The molecule has 0 bridgehead atoms. The van der Waals surface area contributed by atoms with E-state index in [2.05, 4.69) is 26.0 Å². The third-order valence-electron chi connectivity index (χ3n) is 7.72. The lowest BCUT2D eigenvalue weighted by atomic mass is 10.1. The summed E-state index contributed by atoms with van der Waals surface area (Å²) in [6.07, 6.45) is 4.02. The summed E-state index contributed by atoms with van der Waals surface area (Å²) in [5.74, 6) is -0.910. The van der Waals surface area contributed by atoms with Gasteiger partial charge in [-0.3, -0.25) is 19.3 Å². The Bertz CT molecular complexity index is 1890. The zero-order valence-electron chi connectivity index (χ0n) is 25.3. The first-order chi connectivity index (χ1) is 22.6. The Balaban J connectivity index is 1.13. The van der Waals surface area contributed by atoms with Gasteiger partial charge in [-0.05, 0) is 49.6 Å². The Labute approximate surface area is 273 Å². The highest BCUT2D eigenvalue weighted by Gasteiger charge is 2.34. The molecule has 1 saturated heterocycles. The van der Waals surface area contributed by atoms with E-state index in [1.165, 1.54) is 31.3 Å². The molecule has 0 spiro atoms. The SMILES string of the molecule is CC(NC(=O)OCc1ccccc1)C(=O)CCN1C(=O)C/C(=C\c2cnn3c(NC4CC4)cc(Nc4cc(Cl)ccc4F)nc23)C1=O. The van der Waals surface area contributed by atoms with Crippen molar-refractivity contribution in [3.63, 3.8) is 0 Å². The number of likely N-dealkylation sites (tertiary alicyclic amines) is 1. The number of rotatable bonds is 12. The van der Waals surface area contributed by atoms with Gasteiger partial charge in [-0.2, -0.15) is 9.61 Å². The number of Topliss-reactive ketones (excluding diaryl/α,β-unsaturated/α-hetero) is 1. The number of amides is 3. The number of ketones is 1. The fraction of sp³-hybridized carbons (Fsp3) is 0.273. The van der Waals surface area contributed by atoms with Gasteiger partial charge >= 0.3 is 6.09 Å². The molecule has 242 valence electrons. The van der Waals surface area contributed by atoms with Gasteiger partial charge in [0.1, 0.15) is 24.1 Å². The fourth-order valence-electron chi connectivity index (χ4n) is 5.02. The Kier molecular flexibility index (Phi) is 9.16. The standard InChI is InChI=1S/C33H31ClFN7O5/c1-19(37-33(46)47-18-20-5-3-2-4-6-20)27(43)11-12-41-30(44)14-21(32(41)45)13-22-17-36-42-29(38-24-8-9-24)16-28(40-31(22)42)39-26-15-23(34)7-10-25(26)35/h2-7,10,13,15-17,19,24,38H,8-9,11-12,14,18H2,1H3,(H,37,46)(H,39,40)/b21-13+. The van der Waals surface area contributed by atoms with Crippen LogP contribution in [-0.4, -0.2) is 61.8 Å². The van der Waals surface area contributed by atoms with E-state index in [1.807, 2.05) is 30.3 Å². The predicted molar refractivity (Wildman–Crippen MR) is 172 cm³/mol. The number of anilines is 3. The molecule has 3 heterocycles. The van der Waals surface area contributed by atoms with Crippen molar-refractivity contribution in [3.8, 4) is 0 Å². The minimum Gasteiger partial charge on any atom is -0.445 e. The average molecular weight is 660 g/mol. The lowest BCUT2D eigenvalue weighted by molar-refractivity contribution is -0.138. The van der Waals surface area contributed by atoms with Crippen molar-refractivity contribution in [1.29, 1.82) is 0 Å². The Morgan fingerprint density at radius 2 is 1.94 bits per heavy atom. The average Bonchev–Trinajstić information content (AvgIpc) is 3.72. The van der Waals surface area contributed by atoms with Gasteiger partial charge in [-0.25, -0.2) is 14.2 Å². The number of fused-ring (bicyclic) bond motifs is 1. The van der Waals surface area contributed by atoms with E-state index >= 15 is 0 Å². The maximum atomic E-state index is 14.5. The highest BCUT2D eigenvalue weighted by molar-refractivity contribution is 6.30. The van der Waals surface area contributed by atoms with Crippen molar-refractivity contribution < 1.29 is 28.3 Å². The zero-order chi connectivity index (χ0) is 33.1. The Hall–Kier alpha value is -5.30. The summed E-state index contributed by atoms with van der Waals surface area (Å²) in [7, 11) is 0. The molecule has 3 amide bonds. The summed E-state index contributed by atoms with van der Waals surface area (Å²) in [5, 5.41) is 13.6. The largest absolute Gasteiger partial charge is 0.445 e. The number of nitrogens with one attached hydrogen (secondary N) is 3. The van der Waals surface area contributed by atoms with Crippen LogP contribution < -0.4 is 16.0 Å². The molecule has 1 saturated carbocycles. The van der Waals surface area contributed by atoms with Crippen molar-refractivity contribution >= 4 is 64.3 Å². The third-order valence-corrected chi connectivity index (χ3v) is 7.96. The third kappa shape index (κ3) is 7.58. The van der Waals surface area contributed by atoms with E-state index in [4.69, 9.17) is 16.3 Å². The van der Waals surface area contributed by atoms with Crippen molar-refractivity contribution in [2.45, 2.75) is 51.3 Å². The number of halogens is 2. The van der Waals surface area contributed by atoms with Gasteiger partial charge in [0.05, 0.1) is 24.3 Å². The first-order valence-corrected chi connectivity index (χ1v) is 15.4. The highest BCUT2D eigenvalue weighted by atomic mass is 35.5. The van der Waals surface area contributed by atoms with E-state index in [-0.39, 0.29) is 49.1 Å². The second-order valence-corrected chi connectivity index (χ2v) is 11.8. The van der Waals surface area contributed by atoms with Gasteiger partial charge in [0.15, 0.2) is 11.4 Å². The summed E-state index contributed by atoms with van der Waals surface area (Å²) >= 11 is 6.07. The first-order valence-electron chi connectivity index (χ1n) is 15.1. The van der Waals surface area contributed by atoms with Crippen LogP contribution in [0.1, 0.15) is 43.7 Å². The second-order valence-electron chi connectivity index (χ2n) is 11.4. The Morgan fingerprint density at radius 3 is 2.70 bits per heavy atom. The van der Waals surface area contributed by atoms with Crippen LogP contribution in [0, 0.1) is 5.82 Å². The monoisotopic (exact) mass is 659 g/mol. The number of imide groups is 1. The smallest absolute Gasteiger partial charge is 0.408 e. The summed E-state index contributed by atoms with van der Waals surface area (Å²) in [6.45, 7) is 1.43. The minimum absolute atomic E-state index is 0.0539. The molecule has 1 aliphatic heterocycles. The van der Waals surface area contributed by atoms with Crippen LogP contribution in [0.3, 0.4) is 0 Å². The van der Waals surface area contributed by atoms with Crippen LogP contribution in [0.2, 0.25) is 5.02 Å². The van der Waals surface area contributed by atoms with Gasteiger partial charge in [-0.15, -0.1) is 0 Å². The number of carbonyl (C=O) groups is 4. The number of ether oxygens (including phenoxy) is 1. The van der Waals surface area contributed by atoms with Crippen LogP contribution in [0.15, 0.2) is 66.4 Å². The van der Waals surface area contributed by atoms with E-state index in [0.29, 0.717) is 27.9 Å². The molecular weight excluding hydrogens is 629 g/mol. The van der Waals surface area contributed by atoms with Crippen molar-refractivity contribution in [2.24, 2.45) is 0 Å². The molecule has 2 aromatic heterocycles. The van der Waals surface area contributed by atoms with Gasteiger partial charge in [0.2, 0.25) is 5.91 Å². The molecule has 4 aromatic rings. The molecule has 47 heavy (non-hydrogen) atoms. The summed E-state index contributed by atoms with van der Waals surface area (Å²) in [4.78, 5) is 56.6. The number of aromatic nitrogens is 3. The van der Waals surface area contributed by atoms with E-state index in [9.17, 15) is 23.6 Å². The lowest BCUT2D eigenvalue weighted by Crippen LogP contribution is -2.40. The molecule has 14 heteroatoms. The van der Waals surface area contributed by atoms with Crippen LogP contribution in [0.25, 0.3) is 11.7 Å². The Morgan fingerprint density at radius 1 is 1.15 bits per heavy atom. The van der Waals surface area contributed by atoms with Gasteiger partial charge in [-0.1, -0.05) is 41.9 Å². The molecule has 2 aliphatic rings. The minimum atomic E-state index is -0.882. The molecular formula is C33H31ClFN7O5. The number of hydrogen-bond donors (Lipinski definition) is 3. The quantitative estimate of drug-likeness (QED) is 0.137. The number of nitrogens with zero attached hydrogens (tertiary/aromatic N) is 4. The van der Waals surface area contributed by atoms with Crippen molar-refractivity contribution in [3.05, 3.63) is 88.3 Å². The maximum absolute atomic E-state index is 14.5. The number of alkyl carbamates (subject to hydrolysis) is 1. The number of hydrogen-bond acceptors (Lipinski definition) is 9. The van der Waals surface area contributed by atoms with Crippen LogP contribution >= 0.6 is 11.6 Å². The first kappa shape index (κ1) is 31.7.